The van der Waals surface area contributed by atoms with Gasteiger partial charge in [0.25, 0.3) is 5.56 Å². The van der Waals surface area contributed by atoms with Crippen molar-refractivity contribution in [2.75, 3.05) is 0 Å². The molecule has 15 heavy (non-hydrogen) atoms. The van der Waals surface area contributed by atoms with Crippen LogP contribution in [0, 0.1) is 6.92 Å². The SMILES string of the molecule is Cc1nc2c(c(=O)[nH]1)C[C@H]1CC[C@H](C2)N1. The Kier molecular flexibility index (Phi) is 1.92. The molecule has 1 saturated heterocycles. The van der Waals surface area contributed by atoms with E-state index in [2.05, 4.69) is 15.3 Å². The van der Waals surface area contributed by atoms with E-state index in [1.807, 2.05) is 6.92 Å². The Bertz CT molecular complexity index is 452. The molecular formula is C11H15N3O. The van der Waals surface area contributed by atoms with Gasteiger partial charge in [-0.1, -0.05) is 0 Å². The van der Waals surface area contributed by atoms with Crippen LogP contribution in [0.4, 0.5) is 0 Å². The smallest absolute Gasteiger partial charge is 0.254 e. The van der Waals surface area contributed by atoms with Crippen LogP contribution in [0.1, 0.15) is 29.9 Å². The highest BCUT2D eigenvalue weighted by Crippen LogP contribution is 2.23. The molecule has 0 aromatic carbocycles. The Hall–Kier alpha value is -1.16. The molecule has 0 radical (unpaired) electrons. The average Bonchev–Trinajstić information content (AvgIpc) is 2.48. The first-order valence-corrected chi connectivity index (χ1v) is 5.57. The fraction of sp³-hybridized carbons (Fsp3) is 0.636. The van der Waals surface area contributed by atoms with Crippen LogP contribution in [-0.2, 0) is 12.8 Å². The molecular weight excluding hydrogens is 190 g/mol. The number of hydrogen-bond donors (Lipinski definition) is 2. The molecule has 1 aromatic rings. The fourth-order valence-corrected chi connectivity index (χ4v) is 2.75. The van der Waals surface area contributed by atoms with Crippen LogP contribution in [0.5, 0.6) is 0 Å². The molecule has 4 heteroatoms. The standard InChI is InChI=1S/C11H15N3O/c1-6-12-10-5-8-3-2-7(14-8)4-9(10)11(15)13-6/h7-8,14H,2-5H2,1H3,(H,12,13,15)/t7-,8-/m1/s1. The zero-order valence-electron chi connectivity index (χ0n) is 8.84. The quantitative estimate of drug-likeness (QED) is 0.640. The van der Waals surface area contributed by atoms with E-state index < -0.39 is 0 Å². The molecule has 0 aliphatic carbocycles. The van der Waals surface area contributed by atoms with Gasteiger partial charge in [0.05, 0.1) is 5.69 Å². The van der Waals surface area contributed by atoms with E-state index in [1.54, 1.807) is 0 Å². The molecule has 1 fully saturated rings. The number of nitrogens with zero attached hydrogens (tertiary/aromatic N) is 1. The number of aromatic nitrogens is 2. The molecule has 2 aliphatic rings. The zero-order chi connectivity index (χ0) is 10.4. The van der Waals surface area contributed by atoms with Crippen molar-refractivity contribution in [2.24, 2.45) is 0 Å². The summed E-state index contributed by atoms with van der Waals surface area (Å²) in [6, 6.07) is 1.02. The molecule has 3 heterocycles. The Morgan fingerprint density at radius 1 is 1.27 bits per heavy atom. The summed E-state index contributed by atoms with van der Waals surface area (Å²) in [6.45, 7) is 1.85. The van der Waals surface area contributed by atoms with E-state index in [1.165, 1.54) is 12.8 Å². The first-order chi connectivity index (χ1) is 7.22. The lowest BCUT2D eigenvalue weighted by molar-refractivity contribution is 0.552. The van der Waals surface area contributed by atoms with E-state index in [9.17, 15) is 4.79 Å². The molecule has 2 N–H and O–H groups in total. The number of aromatic amines is 1. The molecule has 0 saturated carbocycles. The molecule has 2 aliphatic heterocycles. The van der Waals surface area contributed by atoms with Crippen LogP contribution in [0.15, 0.2) is 4.79 Å². The molecule has 4 nitrogen and oxygen atoms in total. The van der Waals surface area contributed by atoms with Gasteiger partial charge in [-0.05, 0) is 26.2 Å². The number of aryl methyl sites for hydroxylation is 1. The van der Waals surface area contributed by atoms with E-state index in [4.69, 9.17) is 0 Å². The molecule has 2 atom stereocenters. The Balaban J connectivity index is 2.12. The van der Waals surface area contributed by atoms with Crippen molar-refractivity contribution >= 4 is 0 Å². The van der Waals surface area contributed by atoms with Crippen LogP contribution < -0.4 is 10.9 Å². The van der Waals surface area contributed by atoms with Crippen molar-refractivity contribution in [2.45, 2.75) is 44.7 Å². The molecule has 0 amide bonds. The second-order valence-electron chi connectivity index (χ2n) is 4.62. The molecule has 1 aromatic heterocycles. The lowest BCUT2D eigenvalue weighted by Gasteiger charge is -2.10. The third-order valence-corrected chi connectivity index (χ3v) is 3.44. The average molecular weight is 205 g/mol. The number of rotatable bonds is 0. The highest BCUT2D eigenvalue weighted by atomic mass is 16.1. The minimum Gasteiger partial charge on any atom is -0.311 e. The Labute approximate surface area is 88.1 Å². The lowest BCUT2D eigenvalue weighted by Crippen LogP contribution is -2.29. The minimum atomic E-state index is 0.0619. The highest BCUT2D eigenvalue weighted by Gasteiger charge is 2.30. The molecule has 80 valence electrons. The first-order valence-electron chi connectivity index (χ1n) is 5.57. The van der Waals surface area contributed by atoms with Crippen LogP contribution in [0.2, 0.25) is 0 Å². The van der Waals surface area contributed by atoms with Crippen molar-refractivity contribution in [3.8, 4) is 0 Å². The van der Waals surface area contributed by atoms with Gasteiger partial charge >= 0.3 is 0 Å². The molecule has 2 bridgehead atoms. The van der Waals surface area contributed by atoms with Gasteiger partial charge in [0, 0.05) is 24.1 Å². The van der Waals surface area contributed by atoms with Gasteiger partial charge < -0.3 is 10.3 Å². The van der Waals surface area contributed by atoms with E-state index in [0.717, 1.165) is 29.9 Å². The molecule has 0 unspecified atom stereocenters. The number of fused-ring (bicyclic) bond motifs is 3. The maximum Gasteiger partial charge on any atom is 0.254 e. The Morgan fingerprint density at radius 2 is 2.00 bits per heavy atom. The predicted octanol–water partition coefficient (Wildman–Crippen LogP) is 0.298. The normalized spacial score (nSPS) is 28.6. The number of hydrogen-bond acceptors (Lipinski definition) is 3. The van der Waals surface area contributed by atoms with Crippen molar-refractivity contribution in [1.29, 1.82) is 0 Å². The van der Waals surface area contributed by atoms with Crippen molar-refractivity contribution in [3.63, 3.8) is 0 Å². The van der Waals surface area contributed by atoms with Gasteiger partial charge in [-0.2, -0.15) is 0 Å². The highest BCUT2D eigenvalue weighted by molar-refractivity contribution is 5.23. The summed E-state index contributed by atoms with van der Waals surface area (Å²) in [7, 11) is 0. The third-order valence-electron chi connectivity index (χ3n) is 3.44. The van der Waals surface area contributed by atoms with Crippen molar-refractivity contribution in [1.82, 2.24) is 15.3 Å². The summed E-state index contributed by atoms with van der Waals surface area (Å²) in [5.74, 6) is 0.733. The van der Waals surface area contributed by atoms with Crippen LogP contribution in [-0.4, -0.2) is 22.1 Å². The summed E-state index contributed by atoms with van der Waals surface area (Å²) < 4.78 is 0. The summed E-state index contributed by atoms with van der Waals surface area (Å²) in [4.78, 5) is 19.0. The second kappa shape index (κ2) is 3.17. The van der Waals surface area contributed by atoms with Crippen LogP contribution in [0.25, 0.3) is 0 Å². The zero-order valence-corrected chi connectivity index (χ0v) is 8.84. The summed E-state index contributed by atoms with van der Waals surface area (Å²) in [5.41, 5.74) is 1.98. The largest absolute Gasteiger partial charge is 0.311 e. The van der Waals surface area contributed by atoms with Gasteiger partial charge in [0.2, 0.25) is 0 Å². The molecule has 0 spiro atoms. The predicted molar refractivity (Wildman–Crippen MR) is 56.9 cm³/mol. The lowest BCUT2D eigenvalue weighted by atomic mass is 9.98. The summed E-state index contributed by atoms with van der Waals surface area (Å²) in [5, 5.41) is 3.55. The Morgan fingerprint density at radius 3 is 2.80 bits per heavy atom. The topological polar surface area (TPSA) is 57.8 Å². The number of nitrogens with one attached hydrogen (secondary N) is 2. The maximum absolute atomic E-state index is 11.8. The first kappa shape index (κ1) is 9.09. The van der Waals surface area contributed by atoms with Crippen LogP contribution in [0.3, 0.4) is 0 Å². The van der Waals surface area contributed by atoms with Crippen molar-refractivity contribution in [3.05, 3.63) is 27.4 Å². The van der Waals surface area contributed by atoms with Gasteiger partial charge in [0.1, 0.15) is 5.82 Å². The maximum atomic E-state index is 11.8. The van der Waals surface area contributed by atoms with Gasteiger partial charge in [0.15, 0.2) is 0 Å². The van der Waals surface area contributed by atoms with E-state index in [-0.39, 0.29) is 5.56 Å². The summed E-state index contributed by atoms with van der Waals surface area (Å²) >= 11 is 0. The van der Waals surface area contributed by atoms with Gasteiger partial charge in [-0.15, -0.1) is 0 Å². The fourth-order valence-electron chi connectivity index (χ4n) is 2.75. The van der Waals surface area contributed by atoms with Crippen molar-refractivity contribution < 1.29 is 0 Å². The van der Waals surface area contributed by atoms with Gasteiger partial charge in [-0.3, -0.25) is 4.79 Å². The minimum absolute atomic E-state index is 0.0619. The van der Waals surface area contributed by atoms with Gasteiger partial charge in [-0.25, -0.2) is 4.98 Å². The van der Waals surface area contributed by atoms with E-state index in [0.29, 0.717) is 12.1 Å². The van der Waals surface area contributed by atoms with Crippen LogP contribution >= 0.6 is 0 Å². The summed E-state index contributed by atoms with van der Waals surface area (Å²) in [6.07, 6.45) is 4.17. The number of H-pyrrole nitrogens is 1. The second-order valence-corrected chi connectivity index (χ2v) is 4.62. The third kappa shape index (κ3) is 1.49. The molecule has 3 rings (SSSR count). The monoisotopic (exact) mass is 205 g/mol. The van der Waals surface area contributed by atoms with E-state index >= 15 is 0 Å².